The molecule has 1 unspecified atom stereocenters. The summed E-state index contributed by atoms with van der Waals surface area (Å²) in [6.45, 7) is 5.17. The monoisotopic (exact) mass is 414 g/mol. The van der Waals surface area contributed by atoms with Gasteiger partial charge in [-0.25, -0.2) is 0 Å². The third kappa shape index (κ3) is 4.14. The number of hydrogen-bond acceptors (Lipinski definition) is 3. The molecule has 2 rings (SSSR count). The largest absolute Gasteiger partial charge is 0.310 e. The molecule has 6 heteroatoms. The van der Waals surface area contributed by atoms with Crippen LogP contribution in [0.25, 0.3) is 0 Å². The fourth-order valence-electron chi connectivity index (χ4n) is 2.34. The van der Waals surface area contributed by atoms with Crippen LogP contribution < -0.4 is 5.32 Å². The highest BCUT2D eigenvalue weighted by Gasteiger charge is 2.18. The maximum Gasteiger partial charge on any atom is 0.0738 e. The molecule has 0 saturated carbocycles. The second-order valence-corrected chi connectivity index (χ2v) is 6.83. The van der Waals surface area contributed by atoms with Crippen molar-refractivity contribution in [2.45, 2.75) is 32.7 Å². The highest BCUT2D eigenvalue weighted by atomic mass is 79.9. The predicted octanol–water partition coefficient (Wildman–Crippen LogP) is 3.93. The third-order valence-electron chi connectivity index (χ3n) is 3.43. The zero-order valence-corrected chi connectivity index (χ0v) is 15.7. The van der Waals surface area contributed by atoms with Crippen molar-refractivity contribution in [3.05, 3.63) is 44.4 Å². The van der Waals surface area contributed by atoms with Gasteiger partial charge in [-0.2, -0.15) is 5.10 Å². The first kappa shape index (κ1) is 16.6. The Bertz CT molecular complexity index is 610. The molecule has 0 radical (unpaired) electrons. The molecular formula is C15H20Br2N4. The molecule has 4 nitrogen and oxygen atoms in total. The van der Waals surface area contributed by atoms with Gasteiger partial charge >= 0.3 is 0 Å². The Morgan fingerprint density at radius 1 is 1.33 bits per heavy atom. The molecule has 2 heterocycles. The fraction of sp³-hybridized carbons (Fsp3) is 0.467. The van der Waals surface area contributed by atoms with Gasteiger partial charge in [0.25, 0.3) is 0 Å². The first-order chi connectivity index (χ1) is 10.0. The Morgan fingerprint density at radius 3 is 2.67 bits per heavy atom. The smallest absolute Gasteiger partial charge is 0.0738 e. The summed E-state index contributed by atoms with van der Waals surface area (Å²) in [5.74, 6) is 0. The summed E-state index contributed by atoms with van der Waals surface area (Å²) in [5, 5.41) is 8.07. The number of nitrogens with one attached hydrogen (secondary N) is 1. The topological polar surface area (TPSA) is 42.7 Å². The van der Waals surface area contributed by atoms with Crippen molar-refractivity contribution in [3.63, 3.8) is 0 Å². The lowest BCUT2D eigenvalue weighted by Crippen LogP contribution is -2.25. The van der Waals surface area contributed by atoms with E-state index in [9.17, 15) is 0 Å². The number of aryl methyl sites for hydroxylation is 2. The summed E-state index contributed by atoms with van der Waals surface area (Å²) >= 11 is 7.15. The lowest BCUT2D eigenvalue weighted by molar-refractivity contribution is 0.510. The van der Waals surface area contributed by atoms with E-state index in [0.29, 0.717) is 0 Å². The van der Waals surface area contributed by atoms with E-state index in [4.69, 9.17) is 0 Å². The van der Waals surface area contributed by atoms with Crippen LogP contribution in [0.3, 0.4) is 0 Å². The minimum Gasteiger partial charge on any atom is -0.310 e. The Hall–Kier alpha value is -0.720. The van der Waals surface area contributed by atoms with E-state index >= 15 is 0 Å². The normalized spacial score (nSPS) is 12.6. The van der Waals surface area contributed by atoms with E-state index < -0.39 is 0 Å². The van der Waals surface area contributed by atoms with Crippen LogP contribution in [0.1, 0.15) is 36.3 Å². The molecule has 2 aromatic heterocycles. The van der Waals surface area contributed by atoms with Gasteiger partial charge in [-0.1, -0.05) is 6.92 Å². The number of hydrogen-bond donors (Lipinski definition) is 1. The Labute approximate surface area is 142 Å². The maximum atomic E-state index is 4.47. The van der Waals surface area contributed by atoms with Gasteiger partial charge in [0.2, 0.25) is 0 Å². The molecule has 21 heavy (non-hydrogen) atoms. The average molecular weight is 416 g/mol. The zero-order valence-electron chi connectivity index (χ0n) is 12.5. The molecule has 114 valence electrons. The third-order valence-corrected chi connectivity index (χ3v) is 4.89. The zero-order chi connectivity index (χ0) is 15.4. The van der Waals surface area contributed by atoms with Gasteiger partial charge < -0.3 is 5.32 Å². The van der Waals surface area contributed by atoms with E-state index in [0.717, 1.165) is 34.0 Å². The molecule has 1 atom stereocenters. The molecule has 0 bridgehead atoms. The van der Waals surface area contributed by atoms with Crippen LogP contribution >= 0.6 is 31.9 Å². The minimum atomic E-state index is 0.223. The van der Waals surface area contributed by atoms with Crippen molar-refractivity contribution in [1.29, 1.82) is 0 Å². The van der Waals surface area contributed by atoms with Crippen LogP contribution in [0.15, 0.2) is 27.4 Å². The van der Waals surface area contributed by atoms with Crippen molar-refractivity contribution < 1.29 is 0 Å². The lowest BCUT2D eigenvalue weighted by atomic mass is 10.0. The van der Waals surface area contributed by atoms with E-state index in [1.54, 1.807) is 0 Å². The number of aromatic nitrogens is 3. The van der Waals surface area contributed by atoms with E-state index in [-0.39, 0.29) is 6.04 Å². The van der Waals surface area contributed by atoms with Gasteiger partial charge in [0.05, 0.1) is 15.9 Å². The molecule has 2 aromatic rings. The van der Waals surface area contributed by atoms with Crippen LogP contribution in [-0.2, 0) is 13.5 Å². The van der Waals surface area contributed by atoms with Gasteiger partial charge in [-0.3, -0.25) is 9.67 Å². The maximum absolute atomic E-state index is 4.47. The summed E-state index contributed by atoms with van der Waals surface area (Å²) < 4.78 is 4.05. The highest BCUT2D eigenvalue weighted by Crippen LogP contribution is 2.26. The Kier molecular flexibility index (Phi) is 5.96. The molecular weight excluding hydrogens is 396 g/mol. The highest BCUT2D eigenvalue weighted by molar-refractivity contribution is 9.10. The molecule has 0 aliphatic heterocycles. The molecule has 1 N–H and O–H groups in total. The van der Waals surface area contributed by atoms with Crippen molar-refractivity contribution in [3.8, 4) is 0 Å². The van der Waals surface area contributed by atoms with E-state index in [2.05, 4.69) is 60.2 Å². The van der Waals surface area contributed by atoms with Crippen molar-refractivity contribution in [2.24, 2.45) is 7.05 Å². The van der Waals surface area contributed by atoms with Gasteiger partial charge in [-0.05, 0) is 63.4 Å². The van der Waals surface area contributed by atoms with Crippen molar-refractivity contribution in [1.82, 2.24) is 20.1 Å². The van der Waals surface area contributed by atoms with Gasteiger partial charge in [0, 0.05) is 36.4 Å². The number of halogens is 2. The van der Waals surface area contributed by atoms with Crippen molar-refractivity contribution in [2.75, 3.05) is 6.54 Å². The Balaban J connectivity index is 2.28. The predicted molar refractivity (Wildman–Crippen MR) is 92.3 cm³/mol. The van der Waals surface area contributed by atoms with Crippen LogP contribution in [0.4, 0.5) is 0 Å². The first-order valence-corrected chi connectivity index (χ1v) is 8.63. The van der Waals surface area contributed by atoms with E-state index in [1.165, 1.54) is 11.3 Å². The van der Waals surface area contributed by atoms with Crippen molar-refractivity contribution >= 4 is 31.9 Å². The molecule has 0 aliphatic rings. The SMILES string of the molecule is CCCNC(Cc1c(Br)c(C)nn1C)c1cncc(Br)c1. The van der Waals surface area contributed by atoms with Crippen LogP contribution in [-0.4, -0.2) is 21.3 Å². The van der Waals surface area contributed by atoms with Crippen LogP contribution in [0, 0.1) is 6.92 Å². The molecule has 0 fully saturated rings. The Morgan fingerprint density at radius 2 is 2.10 bits per heavy atom. The second kappa shape index (κ2) is 7.51. The second-order valence-electron chi connectivity index (χ2n) is 5.12. The molecule has 0 spiro atoms. The quantitative estimate of drug-likeness (QED) is 0.776. The average Bonchev–Trinajstić information content (AvgIpc) is 2.69. The number of rotatable bonds is 6. The first-order valence-electron chi connectivity index (χ1n) is 7.04. The van der Waals surface area contributed by atoms with Gasteiger partial charge in [0.15, 0.2) is 0 Å². The molecule has 0 aliphatic carbocycles. The van der Waals surface area contributed by atoms with Gasteiger partial charge in [0.1, 0.15) is 0 Å². The summed E-state index contributed by atoms with van der Waals surface area (Å²) in [4.78, 5) is 4.28. The minimum absolute atomic E-state index is 0.223. The summed E-state index contributed by atoms with van der Waals surface area (Å²) in [6.07, 6.45) is 5.71. The molecule has 0 amide bonds. The molecule has 0 aromatic carbocycles. The number of pyridine rings is 1. The van der Waals surface area contributed by atoms with E-state index in [1.807, 2.05) is 31.0 Å². The fourth-order valence-corrected chi connectivity index (χ4v) is 3.22. The van der Waals surface area contributed by atoms with Gasteiger partial charge in [-0.15, -0.1) is 0 Å². The summed E-state index contributed by atoms with van der Waals surface area (Å²) in [7, 11) is 1.99. The summed E-state index contributed by atoms with van der Waals surface area (Å²) in [5.41, 5.74) is 3.40. The lowest BCUT2D eigenvalue weighted by Gasteiger charge is -2.19. The number of nitrogens with zero attached hydrogens (tertiary/aromatic N) is 3. The standard InChI is InChI=1S/C15H20Br2N4/c1-4-5-19-13(11-6-12(16)9-18-8-11)7-14-15(17)10(2)20-21(14)3/h6,8-9,13,19H,4-5,7H2,1-3H3. The summed E-state index contributed by atoms with van der Waals surface area (Å²) in [6, 6.07) is 2.35. The molecule has 0 saturated heterocycles. The van der Waals surface area contributed by atoms with Crippen LogP contribution in [0.2, 0.25) is 0 Å². The van der Waals surface area contributed by atoms with Crippen LogP contribution in [0.5, 0.6) is 0 Å².